The van der Waals surface area contributed by atoms with Crippen molar-refractivity contribution in [3.63, 3.8) is 0 Å². The van der Waals surface area contributed by atoms with Gasteiger partial charge in [0.15, 0.2) is 0 Å². The van der Waals surface area contributed by atoms with Crippen LogP contribution in [-0.4, -0.2) is 52.3 Å². The minimum atomic E-state index is -1.11. The van der Waals surface area contributed by atoms with E-state index in [9.17, 15) is 9.59 Å². The third-order valence-electron chi connectivity index (χ3n) is 3.21. The fourth-order valence-corrected chi connectivity index (χ4v) is 1.85. The van der Waals surface area contributed by atoms with Gasteiger partial charge in [0.2, 0.25) is 0 Å². The predicted octanol–water partition coefficient (Wildman–Crippen LogP) is 1.04. The van der Waals surface area contributed by atoms with E-state index < -0.39 is 12.0 Å². The maximum absolute atomic E-state index is 12.1. The van der Waals surface area contributed by atoms with Gasteiger partial charge >= 0.3 is 12.0 Å². The first-order chi connectivity index (χ1) is 8.95. The number of carboxylic acids is 1. The highest BCUT2D eigenvalue weighted by atomic mass is 16.4. The molecule has 6 nitrogen and oxygen atoms in total. The number of nitrogens with one attached hydrogen (secondary N) is 1. The van der Waals surface area contributed by atoms with Gasteiger partial charge in [-0.15, -0.1) is 0 Å². The summed E-state index contributed by atoms with van der Waals surface area (Å²) in [7, 11) is 0. The molecule has 1 aliphatic rings. The van der Waals surface area contributed by atoms with Gasteiger partial charge in [-0.1, -0.05) is 13.8 Å². The third-order valence-corrected chi connectivity index (χ3v) is 3.21. The molecule has 1 saturated carbocycles. The van der Waals surface area contributed by atoms with Crippen molar-refractivity contribution in [2.45, 2.75) is 51.6 Å². The Kier molecular flexibility index (Phi) is 6.08. The van der Waals surface area contributed by atoms with E-state index in [0.717, 1.165) is 19.3 Å². The van der Waals surface area contributed by atoms with Crippen molar-refractivity contribution in [3.05, 3.63) is 0 Å². The van der Waals surface area contributed by atoms with Gasteiger partial charge in [0, 0.05) is 25.6 Å². The molecule has 1 fully saturated rings. The fourth-order valence-electron chi connectivity index (χ4n) is 1.85. The van der Waals surface area contributed by atoms with Crippen LogP contribution in [0.4, 0.5) is 4.79 Å². The van der Waals surface area contributed by atoms with E-state index in [-0.39, 0.29) is 25.1 Å². The molecule has 3 N–H and O–H groups in total. The smallest absolute Gasteiger partial charge is 0.326 e. The summed E-state index contributed by atoms with van der Waals surface area (Å²) in [5.41, 5.74) is 0. The van der Waals surface area contributed by atoms with Gasteiger partial charge < -0.3 is 20.4 Å². The van der Waals surface area contributed by atoms with Crippen molar-refractivity contribution in [2.75, 3.05) is 13.2 Å². The molecule has 0 aromatic rings. The molecule has 0 aromatic carbocycles. The van der Waals surface area contributed by atoms with Gasteiger partial charge in [0.05, 0.1) is 0 Å². The number of hydrogen-bond acceptors (Lipinski definition) is 3. The van der Waals surface area contributed by atoms with Gasteiger partial charge in [0.1, 0.15) is 6.04 Å². The van der Waals surface area contributed by atoms with Gasteiger partial charge in [-0.2, -0.15) is 0 Å². The van der Waals surface area contributed by atoms with E-state index in [0.29, 0.717) is 12.5 Å². The minimum absolute atomic E-state index is 0.0315. The number of aliphatic hydroxyl groups excluding tert-OH is 1. The molecule has 19 heavy (non-hydrogen) atoms. The Bertz CT molecular complexity index is 316. The standard InChI is InChI=1S/C13H24N2O4/c1-9(2)5-7-15(10-3-4-10)13(19)14-11(6-8-16)12(17)18/h9-11,16H,3-8H2,1-2H3,(H,14,19)(H,17,18). The number of aliphatic hydroxyl groups is 1. The van der Waals surface area contributed by atoms with Crippen LogP contribution in [0.15, 0.2) is 0 Å². The topological polar surface area (TPSA) is 89.9 Å². The van der Waals surface area contributed by atoms with Crippen LogP contribution >= 0.6 is 0 Å². The van der Waals surface area contributed by atoms with Crippen LogP contribution in [-0.2, 0) is 4.79 Å². The second-order valence-electron chi connectivity index (χ2n) is 5.46. The van der Waals surface area contributed by atoms with Crippen LogP contribution in [0.25, 0.3) is 0 Å². The van der Waals surface area contributed by atoms with E-state index in [1.807, 2.05) is 0 Å². The molecule has 2 amide bonds. The summed E-state index contributed by atoms with van der Waals surface area (Å²) in [6, 6.07) is -1.09. The monoisotopic (exact) mass is 272 g/mol. The maximum Gasteiger partial charge on any atom is 0.326 e. The number of aliphatic carboxylic acids is 1. The highest BCUT2D eigenvalue weighted by Crippen LogP contribution is 2.27. The number of carbonyl (C=O) groups excluding carboxylic acids is 1. The average Bonchev–Trinajstić information content (AvgIpc) is 3.12. The summed E-state index contributed by atoms with van der Waals surface area (Å²) in [6.07, 6.45) is 2.91. The van der Waals surface area contributed by atoms with Gasteiger partial charge in [-0.25, -0.2) is 9.59 Å². The van der Waals surface area contributed by atoms with Gasteiger partial charge in [-0.05, 0) is 25.2 Å². The van der Waals surface area contributed by atoms with E-state index in [2.05, 4.69) is 19.2 Å². The Balaban J connectivity index is 2.53. The van der Waals surface area contributed by atoms with E-state index in [1.165, 1.54) is 0 Å². The Labute approximate surface area is 113 Å². The molecule has 0 aliphatic heterocycles. The van der Waals surface area contributed by atoms with Crippen LogP contribution in [0.1, 0.15) is 39.5 Å². The lowest BCUT2D eigenvalue weighted by Gasteiger charge is -2.25. The Morgan fingerprint density at radius 2 is 1.95 bits per heavy atom. The van der Waals surface area contributed by atoms with Crippen molar-refractivity contribution in [1.29, 1.82) is 0 Å². The quantitative estimate of drug-likeness (QED) is 0.616. The molecule has 6 heteroatoms. The molecule has 0 saturated heterocycles. The number of urea groups is 1. The van der Waals surface area contributed by atoms with Crippen molar-refractivity contribution in [2.24, 2.45) is 5.92 Å². The number of rotatable bonds is 8. The molecule has 1 unspecified atom stereocenters. The van der Waals surface area contributed by atoms with Crippen LogP contribution in [0.3, 0.4) is 0 Å². The Morgan fingerprint density at radius 3 is 2.37 bits per heavy atom. The minimum Gasteiger partial charge on any atom is -0.480 e. The zero-order chi connectivity index (χ0) is 14.4. The third kappa shape index (κ3) is 5.46. The Hall–Kier alpha value is -1.30. The summed E-state index contributed by atoms with van der Waals surface area (Å²) < 4.78 is 0. The van der Waals surface area contributed by atoms with Crippen molar-refractivity contribution in [1.82, 2.24) is 10.2 Å². The fraction of sp³-hybridized carbons (Fsp3) is 0.846. The lowest BCUT2D eigenvalue weighted by atomic mass is 10.1. The molecule has 0 heterocycles. The summed E-state index contributed by atoms with van der Waals surface area (Å²) >= 11 is 0. The van der Waals surface area contributed by atoms with E-state index >= 15 is 0 Å². The van der Waals surface area contributed by atoms with Crippen molar-refractivity contribution in [3.8, 4) is 0 Å². The lowest BCUT2D eigenvalue weighted by Crippen LogP contribution is -2.49. The zero-order valence-corrected chi connectivity index (χ0v) is 11.6. The second-order valence-corrected chi connectivity index (χ2v) is 5.46. The first-order valence-electron chi connectivity index (χ1n) is 6.86. The first kappa shape index (κ1) is 15.8. The highest BCUT2D eigenvalue weighted by molar-refractivity contribution is 5.82. The summed E-state index contributed by atoms with van der Waals surface area (Å²) in [4.78, 5) is 24.8. The van der Waals surface area contributed by atoms with E-state index in [1.54, 1.807) is 4.90 Å². The number of carbonyl (C=O) groups is 2. The van der Waals surface area contributed by atoms with Crippen LogP contribution in [0.2, 0.25) is 0 Å². The Morgan fingerprint density at radius 1 is 1.32 bits per heavy atom. The largest absolute Gasteiger partial charge is 0.480 e. The summed E-state index contributed by atoms with van der Waals surface area (Å²) in [6.45, 7) is 4.58. The normalized spacial score (nSPS) is 16.2. The molecular formula is C13H24N2O4. The summed E-state index contributed by atoms with van der Waals surface area (Å²) in [5, 5.41) is 20.3. The molecule has 1 rings (SSSR count). The highest BCUT2D eigenvalue weighted by Gasteiger charge is 2.33. The van der Waals surface area contributed by atoms with Crippen molar-refractivity contribution >= 4 is 12.0 Å². The second kappa shape index (κ2) is 7.33. The molecule has 0 radical (unpaired) electrons. The zero-order valence-electron chi connectivity index (χ0n) is 11.6. The molecule has 0 aromatic heterocycles. The number of hydrogen-bond donors (Lipinski definition) is 3. The van der Waals surface area contributed by atoms with Crippen LogP contribution < -0.4 is 5.32 Å². The average molecular weight is 272 g/mol. The first-order valence-corrected chi connectivity index (χ1v) is 6.86. The molecule has 1 atom stereocenters. The molecule has 0 bridgehead atoms. The maximum atomic E-state index is 12.1. The molecule has 110 valence electrons. The number of carboxylic acid groups (broad SMARTS) is 1. The van der Waals surface area contributed by atoms with Gasteiger partial charge in [-0.3, -0.25) is 0 Å². The van der Waals surface area contributed by atoms with Crippen LogP contribution in [0, 0.1) is 5.92 Å². The number of amides is 2. The molecular weight excluding hydrogens is 248 g/mol. The molecule has 1 aliphatic carbocycles. The van der Waals surface area contributed by atoms with Crippen LogP contribution in [0.5, 0.6) is 0 Å². The SMILES string of the molecule is CC(C)CCN(C(=O)NC(CCO)C(=O)O)C1CC1. The summed E-state index contributed by atoms with van der Waals surface area (Å²) in [5.74, 6) is -0.608. The number of nitrogens with zero attached hydrogens (tertiary/aromatic N) is 1. The molecule has 0 spiro atoms. The van der Waals surface area contributed by atoms with Crippen molar-refractivity contribution < 1.29 is 19.8 Å². The van der Waals surface area contributed by atoms with Gasteiger partial charge in [0.25, 0.3) is 0 Å². The lowest BCUT2D eigenvalue weighted by molar-refractivity contribution is -0.139. The van der Waals surface area contributed by atoms with E-state index in [4.69, 9.17) is 10.2 Å². The predicted molar refractivity (Wildman–Crippen MR) is 70.8 cm³/mol.